The maximum atomic E-state index is 12.6. The van der Waals surface area contributed by atoms with E-state index in [1.165, 1.54) is 11.3 Å². The summed E-state index contributed by atoms with van der Waals surface area (Å²) in [7, 11) is 1.34. The van der Waals surface area contributed by atoms with Crippen molar-refractivity contribution in [3.05, 3.63) is 11.2 Å². The molecule has 0 radical (unpaired) electrons. The molecule has 0 saturated heterocycles. The van der Waals surface area contributed by atoms with Gasteiger partial charge in [-0.3, -0.25) is 4.03 Å². The molecule has 1 aromatic rings. The molecule has 18 heavy (non-hydrogen) atoms. The van der Waals surface area contributed by atoms with E-state index in [0.717, 1.165) is 11.4 Å². The van der Waals surface area contributed by atoms with Crippen LogP contribution in [0.3, 0.4) is 0 Å². The highest BCUT2D eigenvalue weighted by Crippen LogP contribution is 2.39. The van der Waals surface area contributed by atoms with E-state index in [1.807, 2.05) is 6.92 Å². The molecule has 1 aromatic heterocycles. The van der Waals surface area contributed by atoms with Gasteiger partial charge in [0.2, 0.25) is 0 Å². The maximum absolute atomic E-state index is 12.6. The fourth-order valence-corrected chi connectivity index (χ4v) is 8.61. The van der Waals surface area contributed by atoms with Crippen LogP contribution in [0.1, 0.15) is 32.7 Å². The third-order valence-electron chi connectivity index (χ3n) is 3.26. The summed E-state index contributed by atoms with van der Waals surface area (Å²) < 4.78 is 17.7. The lowest BCUT2D eigenvalue weighted by atomic mass is 10.2. The van der Waals surface area contributed by atoms with Crippen molar-refractivity contribution in [3.8, 4) is 0 Å². The molecule has 0 fully saturated rings. The Labute approximate surface area is 120 Å². The van der Waals surface area contributed by atoms with Crippen molar-refractivity contribution in [2.75, 3.05) is 0 Å². The molecule has 0 aromatic carbocycles. The fraction of sp³-hybridized carbons (Fsp3) is 0.727. The molecule has 3 nitrogen and oxygen atoms in total. The Balaban J connectivity index is 3.25. The minimum absolute atomic E-state index is 0.0306. The second kappa shape index (κ2) is 5.23. The number of hydrogen-bond acceptors (Lipinski definition) is 4. The van der Waals surface area contributed by atoms with Gasteiger partial charge < -0.3 is 0 Å². The summed E-state index contributed by atoms with van der Waals surface area (Å²) in [6.45, 7) is 12.6. The van der Waals surface area contributed by atoms with Gasteiger partial charge >= 0.3 is 0 Å². The molecule has 7 heteroatoms. The standard InChI is InChI=1S/C11H21ClN2OS2Si/c1-7-9-13-8-10(16-9)17(12,15)14-18(5,6)11(2,3)4/h8H,7H2,1-6H3. The van der Waals surface area contributed by atoms with E-state index < -0.39 is 17.2 Å². The number of nitrogens with zero attached hydrogens (tertiary/aromatic N) is 2. The molecule has 0 aliphatic carbocycles. The lowest BCUT2D eigenvalue weighted by molar-refractivity contribution is 0.684. The summed E-state index contributed by atoms with van der Waals surface area (Å²) in [5.41, 5.74) is 0. The van der Waals surface area contributed by atoms with Gasteiger partial charge in [-0.15, -0.1) is 11.3 Å². The highest BCUT2D eigenvalue weighted by atomic mass is 35.7. The lowest BCUT2D eigenvalue weighted by Gasteiger charge is -2.32. The van der Waals surface area contributed by atoms with Crippen molar-refractivity contribution in [2.45, 2.75) is 56.5 Å². The Hall–Kier alpha value is 0.0869. The van der Waals surface area contributed by atoms with Crippen LogP contribution in [0.4, 0.5) is 0 Å². The summed E-state index contributed by atoms with van der Waals surface area (Å²) in [5.74, 6) is 0. The third kappa shape index (κ3) is 3.56. The summed E-state index contributed by atoms with van der Waals surface area (Å²) in [5, 5.41) is 0.979. The third-order valence-corrected chi connectivity index (χ3v) is 13.6. The van der Waals surface area contributed by atoms with Crippen LogP contribution in [0, 0.1) is 0 Å². The largest absolute Gasteiger partial charge is 0.260 e. The first-order valence-electron chi connectivity index (χ1n) is 5.92. The summed E-state index contributed by atoms with van der Waals surface area (Å²) >= 11 is 1.40. The molecule has 0 spiro atoms. The lowest BCUT2D eigenvalue weighted by Crippen LogP contribution is -2.35. The van der Waals surface area contributed by atoms with Gasteiger partial charge in [-0.2, -0.15) is 0 Å². The van der Waals surface area contributed by atoms with E-state index in [-0.39, 0.29) is 5.04 Å². The first kappa shape index (κ1) is 16.1. The van der Waals surface area contributed by atoms with Crippen molar-refractivity contribution in [2.24, 2.45) is 4.03 Å². The van der Waals surface area contributed by atoms with Crippen molar-refractivity contribution in [1.82, 2.24) is 4.98 Å². The van der Waals surface area contributed by atoms with Gasteiger partial charge in [0, 0.05) is 10.7 Å². The second-order valence-electron chi connectivity index (χ2n) is 5.79. The van der Waals surface area contributed by atoms with E-state index in [0.29, 0.717) is 4.21 Å². The van der Waals surface area contributed by atoms with E-state index in [2.05, 4.69) is 42.9 Å². The van der Waals surface area contributed by atoms with Gasteiger partial charge in [-0.25, -0.2) is 9.19 Å². The molecule has 0 aliphatic heterocycles. The van der Waals surface area contributed by atoms with Crippen LogP contribution in [0.5, 0.6) is 0 Å². The summed E-state index contributed by atoms with van der Waals surface area (Å²) in [4.78, 5) is 4.20. The molecule has 0 aliphatic rings. The monoisotopic (exact) mass is 324 g/mol. The zero-order chi connectivity index (χ0) is 14.2. The second-order valence-corrected chi connectivity index (χ2v) is 15.1. The molecular weight excluding hydrogens is 304 g/mol. The average molecular weight is 325 g/mol. The Morgan fingerprint density at radius 3 is 2.44 bits per heavy atom. The number of thiazole rings is 1. The predicted molar refractivity (Wildman–Crippen MR) is 83.4 cm³/mol. The molecule has 1 heterocycles. The Morgan fingerprint density at radius 2 is 2.06 bits per heavy atom. The first-order valence-corrected chi connectivity index (χ1v) is 12.0. The van der Waals surface area contributed by atoms with Crippen LogP contribution in [-0.4, -0.2) is 17.4 Å². The molecule has 0 bridgehead atoms. The average Bonchev–Trinajstić information content (AvgIpc) is 2.62. The zero-order valence-electron chi connectivity index (χ0n) is 11.8. The molecule has 0 N–H and O–H groups in total. The van der Waals surface area contributed by atoms with Gasteiger partial charge in [0.25, 0.3) is 0 Å². The predicted octanol–water partition coefficient (Wildman–Crippen LogP) is 4.69. The number of halogens is 1. The fourth-order valence-electron chi connectivity index (χ4n) is 1.05. The Morgan fingerprint density at radius 1 is 1.50 bits per heavy atom. The van der Waals surface area contributed by atoms with Crippen LogP contribution >= 0.6 is 22.0 Å². The zero-order valence-corrected chi connectivity index (χ0v) is 15.2. The minimum Gasteiger partial charge on any atom is -0.260 e. The van der Waals surface area contributed by atoms with Crippen LogP contribution in [0.15, 0.2) is 14.4 Å². The number of aromatic nitrogens is 1. The first-order chi connectivity index (χ1) is 7.99. The Bertz CT molecular complexity index is 539. The van der Waals surface area contributed by atoms with E-state index >= 15 is 0 Å². The highest BCUT2D eigenvalue weighted by molar-refractivity contribution is 8.17. The topological polar surface area (TPSA) is 42.3 Å². The Kier molecular flexibility index (Phi) is 4.69. The van der Waals surface area contributed by atoms with Gasteiger partial charge in [-0.05, 0) is 24.6 Å². The van der Waals surface area contributed by atoms with Crippen LogP contribution in [-0.2, 0) is 15.4 Å². The smallest absolute Gasteiger partial charge is 0.194 e. The molecular formula is C11H21ClN2OS2Si. The van der Waals surface area contributed by atoms with Crippen LogP contribution in [0.2, 0.25) is 18.1 Å². The van der Waals surface area contributed by atoms with Gasteiger partial charge in [0.15, 0.2) is 17.2 Å². The van der Waals surface area contributed by atoms with E-state index in [9.17, 15) is 4.21 Å². The van der Waals surface area contributed by atoms with Gasteiger partial charge in [0.05, 0.1) is 11.2 Å². The molecule has 1 rings (SSSR count). The molecule has 0 amide bonds. The number of aryl methyl sites for hydroxylation is 1. The van der Waals surface area contributed by atoms with Crippen molar-refractivity contribution < 1.29 is 4.21 Å². The number of hydrogen-bond donors (Lipinski definition) is 0. The number of rotatable bonds is 3. The SMILES string of the molecule is CCc1ncc(S(=O)(Cl)=N[Si](C)(C)C(C)(C)C)s1. The quantitative estimate of drug-likeness (QED) is 0.597. The van der Waals surface area contributed by atoms with Crippen molar-refractivity contribution in [3.63, 3.8) is 0 Å². The van der Waals surface area contributed by atoms with E-state index in [1.54, 1.807) is 6.20 Å². The normalized spacial score (nSPS) is 16.4. The van der Waals surface area contributed by atoms with Crippen LogP contribution in [0.25, 0.3) is 0 Å². The molecule has 1 unspecified atom stereocenters. The van der Waals surface area contributed by atoms with Crippen molar-refractivity contribution in [1.29, 1.82) is 0 Å². The van der Waals surface area contributed by atoms with Crippen molar-refractivity contribution >= 4 is 39.2 Å². The molecule has 1 atom stereocenters. The van der Waals surface area contributed by atoms with Crippen LogP contribution < -0.4 is 0 Å². The van der Waals surface area contributed by atoms with Gasteiger partial charge in [0.1, 0.15) is 4.21 Å². The minimum atomic E-state index is -2.83. The van der Waals surface area contributed by atoms with E-state index in [4.69, 9.17) is 10.7 Å². The van der Waals surface area contributed by atoms with Gasteiger partial charge in [-0.1, -0.05) is 27.7 Å². The highest BCUT2D eigenvalue weighted by Gasteiger charge is 2.37. The summed E-state index contributed by atoms with van der Waals surface area (Å²) in [6, 6.07) is 0. The summed E-state index contributed by atoms with van der Waals surface area (Å²) in [6.07, 6.45) is 2.44. The molecule has 104 valence electrons. The molecule has 0 saturated carbocycles. The maximum Gasteiger partial charge on any atom is 0.194 e.